The van der Waals surface area contributed by atoms with E-state index in [2.05, 4.69) is 10.3 Å². The molecule has 2 aromatic rings. The maximum absolute atomic E-state index is 12.8. The molecule has 0 bridgehead atoms. The van der Waals surface area contributed by atoms with Gasteiger partial charge < -0.3 is 10.4 Å². The Morgan fingerprint density at radius 3 is 2.75 bits per heavy atom. The first kappa shape index (κ1) is 16.2. The predicted molar refractivity (Wildman–Crippen MR) is 96.1 cm³/mol. The molecule has 1 fully saturated rings. The largest absolute Gasteiger partial charge is 0.394 e. The highest BCUT2D eigenvalue weighted by Crippen LogP contribution is 2.29. The summed E-state index contributed by atoms with van der Waals surface area (Å²) in [4.78, 5) is 30.1. The molecular weight excluding hydrogens is 326 g/mol. The number of fused-ring (bicyclic) bond motifs is 1. The molecule has 0 aliphatic carbocycles. The smallest absolute Gasteiger partial charge is 0.251 e. The number of carbonyl (C=O) groups is 2. The maximum atomic E-state index is 12.8. The van der Waals surface area contributed by atoms with Crippen molar-refractivity contribution in [2.45, 2.75) is 0 Å². The molecule has 0 unspecified atom stereocenters. The van der Waals surface area contributed by atoms with Crippen LogP contribution in [0.5, 0.6) is 0 Å². The topological polar surface area (TPSA) is 82.0 Å². The van der Waals surface area contributed by atoms with Crippen LogP contribution >= 0.6 is 12.2 Å². The predicted octanol–water partition coefficient (Wildman–Crippen LogP) is 1.27. The van der Waals surface area contributed by atoms with Gasteiger partial charge in [0.25, 0.3) is 5.91 Å². The summed E-state index contributed by atoms with van der Waals surface area (Å²) in [5, 5.41) is 13.2. The number of benzene rings is 2. The highest BCUT2D eigenvalue weighted by Gasteiger charge is 2.38. The Balaban J connectivity index is 2.03. The molecule has 6 nitrogen and oxygen atoms in total. The van der Waals surface area contributed by atoms with Gasteiger partial charge in [-0.3, -0.25) is 19.5 Å². The Bertz CT molecular complexity index is 845. The third kappa shape index (κ3) is 2.91. The minimum absolute atomic E-state index is 0.0492. The second-order valence-corrected chi connectivity index (χ2v) is 5.61. The standard InChI is InChI=1S/C17H15N3O3S/c21-9-8-18-10-13-15(22)19-17(24)20(16(13)23)14-7-3-5-11-4-1-2-6-12(11)14/h1-7,10,13,21H,8-9H2,(H,19,22,24)/t13-/m0/s1. The van der Waals surface area contributed by atoms with Crippen LogP contribution in [-0.4, -0.2) is 41.4 Å². The van der Waals surface area contributed by atoms with Crippen molar-refractivity contribution in [2.75, 3.05) is 18.1 Å². The first-order chi connectivity index (χ1) is 11.6. The van der Waals surface area contributed by atoms with Gasteiger partial charge in [-0.1, -0.05) is 36.4 Å². The van der Waals surface area contributed by atoms with Gasteiger partial charge >= 0.3 is 0 Å². The summed E-state index contributed by atoms with van der Waals surface area (Å²) in [5.41, 5.74) is 0.614. The molecule has 0 radical (unpaired) electrons. The van der Waals surface area contributed by atoms with Crippen LogP contribution in [0.1, 0.15) is 0 Å². The second kappa shape index (κ2) is 6.86. The van der Waals surface area contributed by atoms with Crippen LogP contribution in [-0.2, 0) is 9.59 Å². The molecule has 2 N–H and O–H groups in total. The maximum Gasteiger partial charge on any atom is 0.251 e. The summed E-state index contributed by atoms with van der Waals surface area (Å²) >= 11 is 5.20. The quantitative estimate of drug-likeness (QED) is 0.498. The normalized spacial score (nSPS) is 18.5. The lowest BCUT2D eigenvalue weighted by Crippen LogP contribution is -2.58. The number of carbonyl (C=O) groups excluding carboxylic acids is 2. The molecule has 122 valence electrons. The van der Waals surface area contributed by atoms with Crippen molar-refractivity contribution in [3.8, 4) is 0 Å². The van der Waals surface area contributed by atoms with Crippen LogP contribution < -0.4 is 10.2 Å². The molecule has 1 atom stereocenters. The van der Waals surface area contributed by atoms with Crippen LogP contribution in [0, 0.1) is 5.92 Å². The van der Waals surface area contributed by atoms with Gasteiger partial charge in [-0.15, -0.1) is 0 Å². The highest BCUT2D eigenvalue weighted by atomic mass is 32.1. The molecule has 1 aliphatic rings. The van der Waals surface area contributed by atoms with Crippen molar-refractivity contribution in [3.05, 3.63) is 42.5 Å². The second-order valence-electron chi connectivity index (χ2n) is 5.22. The molecular formula is C17H15N3O3S. The van der Waals surface area contributed by atoms with Crippen molar-refractivity contribution in [2.24, 2.45) is 10.9 Å². The van der Waals surface area contributed by atoms with E-state index < -0.39 is 17.7 Å². The molecule has 24 heavy (non-hydrogen) atoms. The summed E-state index contributed by atoms with van der Waals surface area (Å²) in [5.74, 6) is -2.04. The van der Waals surface area contributed by atoms with E-state index >= 15 is 0 Å². The zero-order chi connectivity index (χ0) is 17.1. The van der Waals surface area contributed by atoms with E-state index in [9.17, 15) is 9.59 Å². The number of thiocarbonyl (C=S) groups is 1. The van der Waals surface area contributed by atoms with Crippen LogP contribution in [0.15, 0.2) is 47.5 Å². The van der Waals surface area contributed by atoms with E-state index in [1.54, 1.807) is 6.07 Å². The van der Waals surface area contributed by atoms with E-state index in [4.69, 9.17) is 17.3 Å². The Labute approximate surface area is 143 Å². The van der Waals surface area contributed by atoms with E-state index in [1.807, 2.05) is 36.4 Å². The van der Waals surface area contributed by atoms with Crippen LogP contribution in [0.4, 0.5) is 5.69 Å². The highest BCUT2D eigenvalue weighted by molar-refractivity contribution is 7.80. The van der Waals surface area contributed by atoms with Crippen LogP contribution in [0.2, 0.25) is 0 Å². The Hall–Kier alpha value is -2.64. The molecule has 1 saturated heterocycles. The number of nitrogens with one attached hydrogen (secondary N) is 1. The van der Waals surface area contributed by atoms with Gasteiger partial charge in [0.1, 0.15) is 0 Å². The number of aliphatic imine (C=N–C) groups is 1. The van der Waals surface area contributed by atoms with Crippen molar-refractivity contribution in [3.63, 3.8) is 0 Å². The monoisotopic (exact) mass is 341 g/mol. The number of amides is 2. The lowest BCUT2D eigenvalue weighted by Gasteiger charge is -2.31. The fraction of sp³-hybridized carbons (Fsp3) is 0.176. The first-order valence-corrected chi connectivity index (χ1v) is 7.81. The molecule has 2 aromatic carbocycles. The van der Waals surface area contributed by atoms with Crippen molar-refractivity contribution in [1.29, 1.82) is 0 Å². The summed E-state index contributed by atoms with van der Waals surface area (Å²) in [6.45, 7) is -0.0136. The van der Waals surface area contributed by atoms with Gasteiger partial charge in [-0.25, -0.2) is 0 Å². The minimum Gasteiger partial charge on any atom is -0.394 e. The molecule has 1 heterocycles. The van der Waals surface area contributed by atoms with E-state index in [-0.39, 0.29) is 18.3 Å². The zero-order valence-corrected chi connectivity index (χ0v) is 13.5. The zero-order valence-electron chi connectivity index (χ0n) is 12.7. The molecule has 0 aromatic heterocycles. The number of nitrogens with zero attached hydrogens (tertiary/aromatic N) is 2. The summed E-state index contributed by atoms with van der Waals surface area (Å²) < 4.78 is 0. The van der Waals surface area contributed by atoms with E-state index in [0.717, 1.165) is 10.8 Å². The van der Waals surface area contributed by atoms with Gasteiger partial charge in [0, 0.05) is 11.6 Å². The van der Waals surface area contributed by atoms with Gasteiger partial charge in [-0.05, 0) is 23.7 Å². The number of rotatable bonds is 4. The number of hydrogen-bond donors (Lipinski definition) is 2. The summed E-state index contributed by atoms with van der Waals surface area (Å²) in [6.07, 6.45) is 1.26. The lowest BCUT2D eigenvalue weighted by molar-refractivity contribution is -0.130. The summed E-state index contributed by atoms with van der Waals surface area (Å²) in [6, 6.07) is 13.2. The van der Waals surface area contributed by atoms with Gasteiger partial charge in [0.15, 0.2) is 11.0 Å². The van der Waals surface area contributed by atoms with Gasteiger partial charge in [0.2, 0.25) is 5.91 Å². The number of aliphatic hydroxyl groups excluding tert-OH is 1. The number of aliphatic hydroxyl groups is 1. The van der Waals surface area contributed by atoms with Gasteiger partial charge in [-0.2, -0.15) is 0 Å². The Morgan fingerprint density at radius 2 is 1.96 bits per heavy atom. The van der Waals surface area contributed by atoms with Crippen LogP contribution in [0.3, 0.4) is 0 Å². The van der Waals surface area contributed by atoms with Crippen molar-refractivity contribution >= 4 is 51.8 Å². The minimum atomic E-state index is -1.07. The fourth-order valence-electron chi connectivity index (χ4n) is 2.59. The fourth-order valence-corrected chi connectivity index (χ4v) is 2.88. The number of anilines is 1. The SMILES string of the molecule is O=C1NC(=S)N(c2cccc3ccccc23)C(=O)[C@H]1C=NCCO. The molecule has 7 heteroatoms. The van der Waals surface area contributed by atoms with E-state index in [0.29, 0.717) is 5.69 Å². The van der Waals surface area contributed by atoms with Crippen molar-refractivity contribution in [1.82, 2.24) is 5.32 Å². The Morgan fingerprint density at radius 1 is 1.21 bits per heavy atom. The number of hydrogen-bond acceptors (Lipinski definition) is 5. The molecule has 1 aliphatic heterocycles. The Kier molecular flexibility index (Phi) is 4.64. The molecule has 0 spiro atoms. The van der Waals surface area contributed by atoms with Gasteiger partial charge in [0.05, 0.1) is 18.8 Å². The molecule has 3 rings (SSSR count). The first-order valence-electron chi connectivity index (χ1n) is 7.41. The average Bonchev–Trinajstić information content (AvgIpc) is 2.58. The molecule has 0 saturated carbocycles. The third-order valence-electron chi connectivity index (χ3n) is 3.69. The molecule has 2 amide bonds. The lowest BCUT2D eigenvalue weighted by atomic mass is 10.0. The van der Waals surface area contributed by atoms with Crippen LogP contribution in [0.25, 0.3) is 10.8 Å². The van der Waals surface area contributed by atoms with E-state index in [1.165, 1.54) is 11.1 Å². The van der Waals surface area contributed by atoms with Crippen molar-refractivity contribution < 1.29 is 14.7 Å². The third-order valence-corrected chi connectivity index (χ3v) is 3.98. The average molecular weight is 341 g/mol. The summed E-state index contributed by atoms with van der Waals surface area (Å²) in [7, 11) is 0.